The fourth-order valence-electron chi connectivity index (χ4n) is 3.05. The van der Waals surface area contributed by atoms with Crippen LogP contribution in [0.3, 0.4) is 0 Å². The number of nitrogens with zero attached hydrogens (tertiary/aromatic N) is 1. The molecule has 7 nitrogen and oxygen atoms in total. The van der Waals surface area contributed by atoms with Gasteiger partial charge in [0.25, 0.3) is 5.91 Å². The van der Waals surface area contributed by atoms with Crippen molar-refractivity contribution in [2.45, 2.75) is 27.2 Å². The maximum absolute atomic E-state index is 12.7. The standard InChI is InChI=1S/C23H26N2O5/c1-4-9-24-22(27)12-25-19-11-17(6-8-21(19)30-14-23(25)28)20(26)13-29-18-7-5-15(2)16(3)10-18/h5-8,10-11H,4,9,12-14H2,1-3H3,(H,24,27). The van der Waals surface area contributed by atoms with E-state index in [-0.39, 0.29) is 37.4 Å². The number of hydrogen-bond acceptors (Lipinski definition) is 5. The molecule has 7 heteroatoms. The summed E-state index contributed by atoms with van der Waals surface area (Å²) >= 11 is 0. The minimum absolute atomic E-state index is 0.119. The maximum atomic E-state index is 12.7. The smallest absolute Gasteiger partial charge is 0.265 e. The Hall–Kier alpha value is -3.35. The fourth-order valence-corrected chi connectivity index (χ4v) is 3.05. The largest absolute Gasteiger partial charge is 0.485 e. The number of benzene rings is 2. The average molecular weight is 410 g/mol. The Labute approximate surface area is 176 Å². The first-order valence-electron chi connectivity index (χ1n) is 9.96. The molecule has 0 radical (unpaired) electrons. The molecule has 1 aliphatic heterocycles. The molecule has 2 aromatic carbocycles. The molecule has 0 bridgehead atoms. The van der Waals surface area contributed by atoms with Crippen LogP contribution in [0.5, 0.6) is 11.5 Å². The average Bonchev–Trinajstić information content (AvgIpc) is 2.74. The van der Waals surface area contributed by atoms with Crippen LogP contribution >= 0.6 is 0 Å². The molecule has 1 aliphatic rings. The van der Waals surface area contributed by atoms with Crippen LogP contribution in [0.4, 0.5) is 5.69 Å². The molecular weight excluding hydrogens is 384 g/mol. The lowest BCUT2D eigenvalue weighted by Gasteiger charge is -2.29. The Bertz CT molecular complexity index is 970. The summed E-state index contributed by atoms with van der Waals surface area (Å²) in [7, 11) is 0. The molecule has 1 heterocycles. The van der Waals surface area contributed by atoms with Crippen molar-refractivity contribution in [2.75, 3.05) is 31.2 Å². The SMILES string of the molecule is CCCNC(=O)CN1C(=O)COc2ccc(C(=O)COc3ccc(C)c(C)c3)cc21. The van der Waals surface area contributed by atoms with E-state index in [0.29, 0.717) is 29.3 Å². The Morgan fingerprint density at radius 3 is 2.67 bits per heavy atom. The van der Waals surface area contributed by atoms with Crippen LogP contribution < -0.4 is 19.7 Å². The number of nitrogens with one attached hydrogen (secondary N) is 1. The summed E-state index contributed by atoms with van der Waals surface area (Å²) < 4.78 is 11.1. The normalized spacial score (nSPS) is 12.8. The van der Waals surface area contributed by atoms with Crippen LogP contribution in [0, 0.1) is 13.8 Å². The highest BCUT2D eigenvalue weighted by Gasteiger charge is 2.28. The van der Waals surface area contributed by atoms with Crippen molar-refractivity contribution < 1.29 is 23.9 Å². The van der Waals surface area contributed by atoms with Crippen LogP contribution in [0.2, 0.25) is 0 Å². The Kier molecular flexibility index (Phi) is 6.72. The molecule has 0 unspecified atom stereocenters. The van der Waals surface area contributed by atoms with E-state index in [9.17, 15) is 14.4 Å². The topological polar surface area (TPSA) is 84.9 Å². The lowest BCUT2D eigenvalue weighted by atomic mass is 10.1. The first-order valence-corrected chi connectivity index (χ1v) is 9.96. The second kappa shape index (κ2) is 9.43. The third-order valence-electron chi connectivity index (χ3n) is 4.95. The second-order valence-corrected chi connectivity index (χ2v) is 7.26. The van der Waals surface area contributed by atoms with Crippen molar-refractivity contribution >= 4 is 23.3 Å². The van der Waals surface area contributed by atoms with Gasteiger partial charge in [-0.3, -0.25) is 19.3 Å². The Morgan fingerprint density at radius 1 is 1.13 bits per heavy atom. The molecular formula is C23H26N2O5. The summed E-state index contributed by atoms with van der Waals surface area (Å²) in [6.07, 6.45) is 0.804. The number of carbonyl (C=O) groups is 3. The number of carbonyl (C=O) groups excluding carboxylic acids is 3. The summed E-state index contributed by atoms with van der Waals surface area (Å²) in [5, 5.41) is 2.75. The Balaban J connectivity index is 1.74. The third-order valence-corrected chi connectivity index (χ3v) is 4.95. The van der Waals surface area contributed by atoms with Crippen molar-refractivity contribution in [2.24, 2.45) is 0 Å². The van der Waals surface area contributed by atoms with E-state index in [0.717, 1.165) is 17.5 Å². The van der Waals surface area contributed by atoms with E-state index >= 15 is 0 Å². The third kappa shape index (κ3) is 4.97. The molecule has 0 aliphatic carbocycles. The highest BCUT2D eigenvalue weighted by Crippen LogP contribution is 2.33. The van der Waals surface area contributed by atoms with Crippen LogP contribution in [0.25, 0.3) is 0 Å². The minimum atomic E-state index is -0.329. The van der Waals surface area contributed by atoms with E-state index in [4.69, 9.17) is 9.47 Å². The molecule has 0 saturated heterocycles. The van der Waals surface area contributed by atoms with Crippen molar-refractivity contribution in [3.05, 3.63) is 53.1 Å². The zero-order chi connectivity index (χ0) is 21.7. The first kappa shape index (κ1) is 21.4. The molecule has 0 aromatic heterocycles. The van der Waals surface area contributed by atoms with E-state index < -0.39 is 0 Å². The van der Waals surface area contributed by atoms with Gasteiger partial charge in [-0.1, -0.05) is 13.0 Å². The van der Waals surface area contributed by atoms with Gasteiger partial charge in [0, 0.05) is 12.1 Å². The number of ether oxygens (including phenoxy) is 2. The van der Waals surface area contributed by atoms with Crippen LogP contribution in [0.15, 0.2) is 36.4 Å². The maximum Gasteiger partial charge on any atom is 0.265 e. The summed E-state index contributed by atoms with van der Waals surface area (Å²) in [4.78, 5) is 38.5. The number of rotatable bonds is 8. The van der Waals surface area contributed by atoms with Crippen LogP contribution in [0.1, 0.15) is 34.8 Å². The lowest BCUT2D eigenvalue weighted by Crippen LogP contribution is -2.45. The Morgan fingerprint density at radius 2 is 1.93 bits per heavy atom. The molecule has 158 valence electrons. The van der Waals surface area contributed by atoms with Gasteiger partial charge in [0.2, 0.25) is 5.91 Å². The van der Waals surface area contributed by atoms with E-state index in [1.165, 1.54) is 4.90 Å². The first-order chi connectivity index (χ1) is 14.4. The molecule has 2 aromatic rings. The van der Waals surface area contributed by atoms with Crippen molar-refractivity contribution in [1.82, 2.24) is 5.32 Å². The van der Waals surface area contributed by atoms with Crippen molar-refractivity contribution in [3.8, 4) is 11.5 Å². The highest BCUT2D eigenvalue weighted by molar-refractivity contribution is 6.04. The van der Waals surface area contributed by atoms with Crippen LogP contribution in [-0.4, -0.2) is 43.9 Å². The number of amides is 2. The zero-order valence-electron chi connectivity index (χ0n) is 17.5. The minimum Gasteiger partial charge on any atom is -0.485 e. The van der Waals surface area contributed by atoms with Gasteiger partial charge in [-0.25, -0.2) is 0 Å². The summed E-state index contributed by atoms with van der Waals surface area (Å²) in [6, 6.07) is 10.5. The quantitative estimate of drug-likeness (QED) is 0.677. The van der Waals surface area contributed by atoms with Gasteiger partial charge in [0.15, 0.2) is 19.0 Å². The summed E-state index contributed by atoms with van der Waals surface area (Å²) in [6.45, 7) is 6.09. The van der Waals surface area contributed by atoms with Gasteiger partial charge in [-0.15, -0.1) is 0 Å². The van der Waals surface area contributed by atoms with Gasteiger partial charge in [-0.05, 0) is 61.7 Å². The number of ketones is 1. The van der Waals surface area contributed by atoms with Gasteiger partial charge >= 0.3 is 0 Å². The molecule has 3 rings (SSSR count). The zero-order valence-corrected chi connectivity index (χ0v) is 17.5. The summed E-state index contributed by atoms with van der Waals surface area (Å²) in [5.41, 5.74) is 3.03. The monoisotopic (exact) mass is 410 g/mol. The molecule has 30 heavy (non-hydrogen) atoms. The molecule has 0 atom stereocenters. The number of fused-ring (bicyclic) bond motifs is 1. The number of aryl methyl sites for hydroxylation is 2. The van der Waals surface area contributed by atoms with E-state index in [2.05, 4.69) is 5.32 Å². The molecule has 0 saturated carbocycles. The lowest BCUT2D eigenvalue weighted by molar-refractivity contribution is -0.125. The van der Waals surface area contributed by atoms with E-state index in [1.807, 2.05) is 39.0 Å². The number of anilines is 1. The second-order valence-electron chi connectivity index (χ2n) is 7.26. The fraction of sp³-hybridized carbons (Fsp3) is 0.348. The van der Waals surface area contributed by atoms with Gasteiger partial charge in [-0.2, -0.15) is 0 Å². The number of hydrogen-bond donors (Lipinski definition) is 1. The van der Waals surface area contributed by atoms with Gasteiger partial charge < -0.3 is 14.8 Å². The van der Waals surface area contributed by atoms with Gasteiger partial charge in [0.1, 0.15) is 18.0 Å². The molecule has 2 amide bonds. The molecule has 0 spiro atoms. The molecule has 0 fully saturated rings. The number of Topliss-reactive ketones (excluding diaryl/α,β-unsaturated/α-hetero) is 1. The van der Waals surface area contributed by atoms with Gasteiger partial charge in [0.05, 0.1) is 5.69 Å². The van der Waals surface area contributed by atoms with E-state index in [1.54, 1.807) is 18.2 Å². The summed E-state index contributed by atoms with van der Waals surface area (Å²) in [5.74, 6) is 0.268. The van der Waals surface area contributed by atoms with Crippen molar-refractivity contribution in [1.29, 1.82) is 0 Å². The predicted molar refractivity (Wildman–Crippen MR) is 113 cm³/mol. The highest BCUT2D eigenvalue weighted by atomic mass is 16.5. The molecule has 1 N–H and O–H groups in total. The van der Waals surface area contributed by atoms with Crippen molar-refractivity contribution in [3.63, 3.8) is 0 Å². The predicted octanol–water partition coefficient (Wildman–Crippen LogP) is 2.82. The van der Waals surface area contributed by atoms with Crippen LogP contribution in [-0.2, 0) is 9.59 Å².